The van der Waals surface area contributed by atoms with E-state index in [0.29, 0.717) is 18.8 Å². The highest BCUT2D eigenvalue weighted by Crippen LogP contribution is 2.26. The smallest absolute Gasteiger partial charge is 0.283 e. The van der Waals surface area contributed by atoms with E-state index in [-0.39, 0.29) is 30.6 Å². The van der Waals surface area contributed by atoms with Crippen LogP contribution in [0.15, 0.2) is 59.5 Å². The monoisotopic (exact) mass is 446 g/mol. The molecule has 2 aliphatic rings. The predicted molar refractivity (Wildman–Crippen MR) is 112 cm³/mol. The number of benzene rings is 2. The van der Waals surface area contributed by atoms with Crippen LogP contribution in [0.1, 0.15) is 6.92 Å². The summed E-state index contributed by atoms with van der Waals surface area (Å²) in [5, 5.41) is 0. The molecule has 0 spiro atoms. The van der Waals surface area contributed by atoms with E-state index < -0.39 is 27.9 Å². The topological polar surface area (TPSA) is 81.2 Å². The summed E-state index contributed by atoms with van der Waals surface area (Å²) in [4.78, 5) is 30.1. The summed E-state index contributed by atoms with van der Waals surface area (Å²) in [6, 6.07) is 12.9. The molecule has 3 amide bonds. The number of sulfonamides is 1. The number of anilines is 1. The Morgan fingerprint density at radius 1 is 0.968 bits per heavy atom. The van der Waals surface area contributed by atoms with E-state index in [1.807, 2.05) is 11.0 Å². The number of nitrogens with zero attached hydrogens (tertiary/aromatic N) is 4. The lowest BCUT2D eigenvalue weighted by molar-refractivity contribution is -0.128. The first-order valence-corrected chi connectivity index (χ1v) is 11.4. The maximum atomic E-state index is 13.4. The maximum Gasteiger partial charge on any atom is 0.333 e. The summed E-state index contributed by atoms with van der Waals surface area (Å²) < 4.78 is 40.3. The zero-order chi connectivity index (χ0) is 22.2. The van der Waals surface area contributed by atoms with Crippen molar-refractivity contribution < 1.29 is 22.4 Å². The molecule has 0 aliphatic carbocycles. The van der Waals surface area contributed by atoms with E-state index in [1.165, 1.54) is 32.3 Å². The van der Waals surface area contributed by atoms with Gasteiger partial charge >= 0.3 is 6.03 Å². The molecule has 0 bridgehead atoms. The molecule has 2 aliphatic heterocycles. The van der Waals surface area contributed by atoms with Gasteiger partial charge in [-0.2, -0.15) is 4.31 Å². The molecule has 2 fully saturated rings. The van der Waals surface area contributed by atoms with Gasteiger partial charge in [-0.15, -0.1) is 0 Å². The van der Waals surface area contributed by atoms with Gasteiger partial charge in [0.15, 0.2) is 0 Å². The van der Waals surface area contributed by atoms with Gasteiger partial charge in [-0.3, -0.25) is 14.6 Å². The highest BCUT2D eigenvalue weighted by Gasteiger charge is 2.44. The quantitative estimate of drug-likeness (QED) is 0.656. The molecule has 4 rings (SSSR count). The van der Waals surface area contributed by atoms with Crippen LogP contribution in [0.25, 0.3) is 0 Å². The van der Waals surface area contributed by atoms with E-state index in [0.717, 1.165) is 6.07 Å². The van der Waals surface area contributed by atoms with Crippen molar-refractivity contribution in [3.8, 4) is 0 Å². The standard InChI is InChI=1S/C21H23FN4O4S/c1-16-20(27)25(21(28)26(16)18-7-3-2-4-8-18)15-23-10-12-24(13-11-23)31(29,30)19-9-5-6-17(22)14-19/h2-9,14,16H,10-13,15H2,1H3. The van der Waals surface area contributed by atoms with E-state index in [4.69, 9.17) is 0 Å². The highest BCUT2D eigenvalue weighted by atomic mass is 32.2. The number of imide groups is 1. The molecule has 10 heteroatoms. The Bertz CT molecular complexity index is 1090. The number of urea groups is 1. The fourth-order valence-electron chi connectivity index (χ4n) is 3.87. The van der Waals surface area contributed by atoms with Crippen LogP contribution < -0.4 is 4.90 Å². The van der Waals surface area contributed by atoms with Gasteiger partial charge in [0.25, 0.3) is 5.91 Å². The van der Waals surface area contributed by atoms with Crippen molar-refractivity contribution in [3.63, 3.8) is 0 Å². The average molecular weight is 447 g/mol. The third-order valence-electron chi connectivity index (χ3n) is 5.59. The zero-order valence-corrected chi connectivity index (χ0v) is 17.8. The second-order valence-electron chi connectivity index (χ2n) is 7.55. The zero-order valence-electron chi connectivity index (χ0n) is 17.0. The summed E-state index contributed by atoms with van der Waals surface area (Å²) in [6.45, 7) is 2.87. The van der Waals surface area contributed by atoms with Crippen molar-refractivity contribution in [2.75, 3.05) is 37.7 Å². The number of hydrogen-bond donors (Lipinski definition) is 0. The van der Waals surface area contributed by atoms with Crippen molar-refractivity contribution in [1.29, 1.82) is 0 Å². The first-order valence-electron chi connectivity index (χ1n) is 9.97. The molecule has 0 N–H and O–H groups in total. The van der Waals surface area contributed by atoms with Gasteiger partial charge in [-0.25, -0.2) is 22.5 Å². The molecule has 2 aromatic rings. The molecule has 2 heterocycles. The van der Waals surface area contributed by atoms with Crippen molar-refractivity contribution in [2.24, 2.45) is 0 Å². The van der Waals surface area contributed by atoms with Crippen LogP contribution in [0.3, 0.4) is 0 Å². The minimum absolute atomic E-state index is 0.0850. The summed E-state index contributed by atoms with van der Waals surface area (Å²) in [6.07, 6.45) is 0. The second-order valence-corrected chi connectivity index (χ2v) is 9.49. The number of carbonyl (C=O) groups is 2. The normalized spacial score (nSPS) is 21.2. The van der Waals surface area contributed by atoms with Crippen molar-refractivity contribution in [2.45, 2.75) is 17.9 Å². The maximum absolute atomic E-state index is 13.4. The van der Waals surface area contributed by atoms with Gasteiger partial charge in [-0.05, 0) is 37.3 Å². The molecule has 2 saturated heterocycles. The number of hydrogen-bond acceptors (Lipinski definition) is 5. The first-order chi connectivity index (χ1) is 14.8. The van der Waals surface area contributed by atoms with Crippen molar-refractivity contribution in [1.82, 2.24) is 14.1 Å². The molecule has 2 aromatic carbocycles. The number of amides is 3. The SMILES string of the molecule is CC1C(=O)N(CN2CCN(S(=O)(=O)c3cccc(F)c3)CC2)C(=O)N1c1ccccc1. The third kappa shape index (κ3) is 4.06. The molecule has 164 valence electrons. The van der Waals surface area contributed by atoms with Crippen molar-refractivity contribution in [3.05, 3.63) is 60.4 Å². The lowest BCUT2D eigenvalue weighted by Crippen LogP contribution is -2.52. The van der Waals surface area contributed by atoms with Crippen LogP contribution in [0, 0.1) is 5.82 Å². The lowest BCUT2D eigenvalue weighted by Gasteiger charge is -2.35. The van der Waals surface area contributed by atoms with Crippen LogP contribution in [0.2, 0.25) is 0 Å². The summed E-state index contributed by atoms with van der Waals surface area (Å²) in [7, 11) is -3.80. The molecule has 8 nitrogen and oxygen atoms in total. The molecular weight excluding hydrogens is 423 g/mol. The number of halogens is 1. The highest BCUT2D eigenvalue weighted by molar-refractivity contribution is 7.89. The van der Waals surface area contributed by atoms with Crippen molar-refractivity contribution >= 4 is 27.6 Å². The Kier molecular flexibility index (Phi) is 5.78. The summed E-state index contributed by atoms with van der Waals surface area (Å²) in [5.41, 5.74) is 0.654. The van der Waals surface area contributed by atoms with E-state index in [9.17, 15) is 22.4 Å². The number of rotatable bonds is 5. The summed E-state index contributed by atoms with van der Waals surface area (Å²) in [5.74, 6) is -0.897. The van der Waals surface area contributed by atoms with Gasteiger partial charge in [0.1, 0.15) is 11.9 Å². The molecular formula is C21H23FN4O4S. The number of carbonyl (C=O) groups excluding carboxylic acids is 2. The minimum atomic E-state index is -3.80. The largest absolute Gasteiger partial charge is 0.333 e. The first kappa shape index (κ1) is 21.4. The fraction of sp³-hybridized carbons (Fsp3) is 0.333. The predicted octanol–water partition coefficient (Wildman–Crippen LogP) is 1.95. The lowest BCUT2D eigenvalue weighted by atomic mass is 10.2. The molecule has 0 saturated carbocycles. The fourth-order valence-corrected chi connectivity index (χ4v) is 5.32. The Morgan fingerprint density at radius 3 is 2.29 bits per heavy atom. The molecule has 31 heavy (non-hydrogen) atoms. The number of para-hydroxylation sites is 1. The summed E-state index contributed by atoms with van der Waals surface area (Å²) >= 11 is 0. The van der Waals surface area contributed by atoms with E-state index >= 15 is 0 Å². The van der Waals surface area contributed by atoms with Gasteiger partial charge in [0, 0.05) is 31.9 Å². The molecule has 0 radical (unpaired) electrons. The minimum Gasteiger partial charge on any atom is -0.283 e. The van der Waals surface area contributed by atoms with Crippen LogP contribution in [0.5, 0.6) is 0 Å². The number of piperazine rings is 1. The van der Waals surface area contributed by atoms with Gasteiger partial charge < -0.3 is 0 Å². The van der Waals surface area contributed by atoms with Crippen LogP contribution in [-0.4, -0.2) is 73.4 Å². The third-order valence-corrected chi connectivity index (χ3v) is 7.48. The Labute approximate surface area is 180 Å². The van der Waals surface area contributed by atoms with Gasteiger partial charge in [-0.1, -0.05) is 24.3 Å². The van der Waals surface area contributed by atoms with Crippen LogP contribution >= 0.6 is 0 Å². The van der Waals surface area contributed by atoms with Crippen LogP contribution in [-0.2, 0) is 14.8 Å². The second kappa shape index (κ2) is 8.37. The van der Waals surface area contributed by atoms with E-state index in [2.05, 4.69) is 0 Å². The van der Waals surface area contributed by atoms with Crippen LogP contribution in [0.4, 0.5) is 14.9 Å². The molecule has 1 atom stereocenters. The molecule has 1 unspecified atom stereocenters. The molecule has 0 aromatic heterocycles. The van der Waals surface area contributed by atoms with Gasteiger partial charge in [0.05, 0.1) is 11.6 Å². The average Bonchev–Trinajstić information content (AvgIpc) is 2.98. The Balaban J connectivity index is 1.41. The van der Waals surface area contributed by atoms with Gasteiger partial charge in [0.2, 0.25) is 10.0 Å². The van der Waals surface area contributed by atoms with E-state index in [1.54, 1.807) is 31.2 Å². The Morgan fingerprint density at radius 2 is 1.65 bits per heavy atom. The Hall–Kier alpha value is -2.82.